The summed E-state index contributed by atoms with van der Waals surface area (Å²) in [7, 11) is 0. The second-order valence-corrected chi connectivity index (χ2v) is 3.24. The summed E-state index contributed by atoms with van der Waals surface area (Å²) in [5, 5.41) is 17.7. The number of benzene rings is 1. The molecule has 0 aliphatic carbocycles. The minimum Gasteiger partial charge on any atom is -0.479 e. The normalized spacial score (nSPS) is 14.7. The summed E-state index contributed by atoms with van der Waals surface area (Å²) in [4.78, 5) is 10.4. The number of carbonyl (C=O) groups is 1. The van der Waals surface area contributed by atoms with Crippen molar-refractivity contribution in [1.29, 1.82) is 0 Å². The molecule has 0 bridgehead atoms. The third-order valence-corrected chi connectivity index (χ3v) is 2.18. The molecule has 0 spiro atoms. The maximum Gasteiger partial charge on any atom is 0.333 e. The summed E-state index contributed by atoms with van der Waals surface area (Å²) < 4.78 is 25.9. The smallest absolute Gasteiger partial charge is 0.333 e. The Hall–Kier alpha value is -1.49. The second-order valence-electron chi connectivity index (χ2n) is 3.24. The summed E-state index contributed by atoms with van der Waals surface area (Å²) in [6.07, 6.45) is -1.75. The van der Waals surface area contributed by atoms with Crippen molar-refractivity contribution in [1.82, 2.24) is 0 Å². The van der Waals surface area contributed by atoms with Gasteiger partial charge in [-0.05, 0) is 23.8 Å². The topological polar surface area (TPSA) is 57.5 Å². The molecule has 1 rings (SSSR count). The average Bonchev–Trinajstić information content (AvgIpc) is 2.19. The van der Waals surface area contributed by atoms with Crippen LogP contribution in [0.1, 0.15) is 18.4 Å². The Balaban J connectivity index is 3.04. The predicted molar refractivity (Wildman–Crippen MR) is 48.4 cm³/mol. The molecule has 0 radical (unpaired) electrons. The Labute approximate surface area is 85.0 Å². The van der Waals surface area contributed by atoms with E-state index in [4.69, 9.17) is 5.11 Å². The fourth-order valence-electron chi connectivity index (χ4n) is 1.25. The number of aliphatic carboxylic acids is 1. The molecule has 3 nitrogen and oxygen atoms in total. The number of aliphatic hydroxyl groups excluding tert-OH is 1. The molecule has 0 fully saturated rings. The fourth-order valence-corrected chi connectivity index (χ4v) is 1.25. The third-order valence-electron chi connectivity index (χ3n) is 2.18. The molecule has 0 amide bonds. The van der Waals surface area contributed by atoms with E-state index in [2.05, 4.69) is 0 Å². The van der Waals surface area contributed by atoms with Crippen LogP contribution in [0.2, 0.25) is 0 Å². The van der Waals surface area contributed by atoms with E-state index in [0.717, 1.165) is 18.2 Å². The Morgan fingerprint density at radius 2 is 2.00 bits per heavy atom. The van der Waals surface area contributed by atoms with E-state index in [-0.39, 0.29) is 5.56 Å². The molecule has 2 unspecified atom stereocenters. The molecule has 0 aliphatic heterocycles. The van der Waals surface area contributed by atoms with Gasteiger partial charge in [0.2, 0.25) is 0 Å². The largest absolute Gasteiger partial charge is 0.479 e. The van der Waals surface area contributed by atoms with E-state index in [0.29, 0.717) is 0 Å². The summed E-state index contributed by atoms with van der Waals surface area (Å²) in [5.74, 6) is -3.87. The van der Waals surface area contributed by atoms with Crippen LogP contribution in [0.4, 0.5) is 8.78 Å². The molecule has 0 heterocycles. The third kappa shape index (κ3) is 2.50. The number of hydrogen-bond donors (Lipinski definition) is 2. The zero-order chi connectivity index (χ0) is 11.6. The van der Waals surface area contributed by atoms with Gasteiger partial charge in [0.1, 0.15) is 11.6 Å². The first-order chi connectivity index (χ1) is 6.93. The van der Waals surface area contributed by atoms with Crippen LogP contribution < -0.4 is 0 Å². The zero-order valence-corrected chi connectivity index (χ0v) is 7.95. The van der Waals surface area contributed by atoms with Crippen molar-refractivity contribution in [3.05, 3.63) is 35.4 Å². The maximum atomic E-state index is 13.2. The van der Waals surface area contributed by atoms with Gasteiger partial charge in [-0.3, -0.25) is 0 Å². The van der Waals surface area contributed by atoms with E-state index in [1.54, 1.807) is 0 Å². The van der Waals surface area contributed by atoms with Crippen LogP contribution in [0.25, 0.3) is 0 Å². The molecule has 2 atom stereocenters. The lowest BCUT2D eigenvalue weighted by atomic mass is 9.95. The zero-order valence-electron chi connectivity index (χ0n) is 7.95. The molecule has 2 N–H and O–H groups in total. The lowest BCUT2D eigenvalue weighted by molar-refractivity contribution is -0.147. The molecule has 5 heteroatoms. The van der Waals surface area contributed by atoms with Crippen molar-refractivity contribution in [2.24, 2.45) is 0 Å². The highest BCUT2D eigenvalue weighted by atomic mass is 19.1. The van der Waals surface area contributed by atoms with Crippen LogP contribution in [0.3, 0.4) is 0 Å². The molecule has 0 aliphatic rings. The SMILES string of the molecule is CC(c1cc(F)ccc1F)C(O)C(=O)O. The van der Waals surface area contributed by atoms with Crippen LogP contribution in [0, 0.1) is 11.6 Å². The number of halogens is 2. The molecular formula is C10H10F2O3. The molecule has 0 saturated carbocycles. The highest BCUT2D eigenvalue weighted by Crippen LogP contribution is 2.23. The number of carboxylic acids is 1. The number of rotatable bonds is 3. The van der Waals surface area contributed by atoms with E-state index in [1.807, 2.05) is 0 Å². The van der Waals surface area contributed by atoms with E-state index >= 15 is 0 Å². The Morgan fingerprint density at radius 1 is 1.40 bits per heavy atom. The summed E-state index contributed by atoms with van der Waals surface area (Å²) in [5.41, 5.74) is -0.148. The predicted octanol–water partition coefficient (Wildman–Crippen LogP) is 1.51. The maximum absolute atomic E-state index is 13.2. The summed E-state index contributed by atoms with van der Waals surface area (Å²) in [6, 6.07) is 2.71. The lowest BCUT2D eigenvalue weighted by Gasteiger charge is -2.15. The van der Waals surface area contributed by atoms with Crippen molar-refractivity contribution in [3.8, 4) is 0 Å². The van der Waals surface area contributed by atoms with Gasteiger partial charge in [0.25, 0.3) is 0 Å². The fraction of sp³-hybridized carbons (Fsp3) is 0.300. The van der Waals surface area contributed by atoms with Crippen molar-refractivity contribution < 1.29 is 23.8 Å². The molecule has 0 saturated heterocycles. The standard InChI is InChI=1S/C10H10F2O3/c1-5(9(13)10(14)15)7-4-6(11)2-3-8(7)12/h2-5,9,13H,1H3,(H,14,15). The minimum atomic E-state index is -1.75. The van der Waals surface area contributed by atoms with Crippen LogP contribution in [-0.4, -0.2) is 22.3 Å². The molecule has 82 valence electrons. The molecular weight excluding hydrogens is 206 g/mol. The number of hydrogen-bond acceptors (Lipinski definition) is 2. The van der Waals surface area contributed by atoms with Crippen molar-refractivity contribution in [2.45, 2.75) is 18.9 Å². The minimum absolute atomic E-state index is 0.148. The first kappa shape index (κ1) is 11.6. The summed E-state index contributed by atoms with van der Waals surface area (Å²) >= 11 is 0. The number of carboxylic acid groups (broad SMARTS) is 1. The van der Waals surface area contributed by atoms with Gasteiger partial charge in [-0.2, -0.15) is 0 Å². The van der Waals surface area contributed by atoms with Crippen LogP contribution in [-0.2, 0) is 4.79 Å². The Morgan fingerprint density at radius 3 is 2.53 bits per heavy atom. The van der Waals surface area contributed by atoms with E-state index in [1.165, 1.54) is 6.92 Å². The van der Waals surface area contributed by atoms with Gasteiger partial charge in [-0.1, -0.05) is 6.92 Å². The molecule has 0 aromatic heterocycles. The molecule has 1 aromatic rings. The quantitative estimate of drug-likeness (QED) is 0.805. The Bertz CT molecular complexity index is 379. The Kier molecular flexibility index (Phi) is 3.36. The van der Waals surface area contributed by atoms with Crippen LogP contribution in [0.5, 0.6) is 0 Å². The van der Waals surface area contributed by atoms with Gasteiger partial charge in [-0.25, -0.2) is 13.6 Å². The average molecular weight is 216 g/mol. The van der Waals surface area contributed by atoms with Gasteiger partial charge in [-0.15, -0.1) is 0 Å². The molecule has 15 heavy (non-hydrogen) atoms. The lowest BCUT2D eigenvalue weighted by Crippen LogP contribution is -2.26. The summed E-state index contributed by atoms with van der Waals surface area (Å²) in [6.45, 7) is 1.32. The second kappa shape index (κ2) is 4.35. The van der Waals surface area contributed by atoms with Gasteiger partial charge in [0, 0.05) is 5.92 Å². The van der Waals surface area contributed by atoms with Crippen molar-refractivity contribution in [2.75, 3.05) is 0 Å². The monoisotopic (exact) mass is 216 g/mol. The van der Waals surface area contributed by atoms with E-state index in [9.17, 15) is 18.7 Å². The van der Waals surface area contributed by atoms with Gasteiger partial charge >= 0.3 is 5.97 Å². The van der Waals surface area contributed by atoms with Crippen molar-refractivity contribution in [3.63, 3.8) is 0 Å². The van der Waals surface area contributed by atoms with Crippen LogP contribution >= 0.6 is 0 Å². The molecule has 1 aromatic carbocycles. The number of aliphatic hydroxyl groups is 1. The highest BCUT2D eigenvalue weighted by molar-refractivity contribution is 5.73. The first-order valence-electron chi connectivity index (χ1n) is 4.29. The van der Waals surface area contributed by atoms with E-state index < -0.39 is 29.6 Å². The van der Waals surface area contributed by atoms with Gasteiger partial charge < -0.3 is 10.2 Å². The van der Waals surface area contributed by atoms with Gasteiger partial charge in [0.05, 0.1) is 0 Å². The van der Waals surface area contributed by atoms with Crippen LogP contribution in [0.15, 0.2) is 18.2 Å². The van der Waals surface area contributed by atoms with Gasteiger partial charge in [0.15, 0.2) is 6.10 Å². The highest BCUT2D eigenvalue weighted by Gasteiger charge is 2.25. The van der Waals surface area contributed by atoms with Crippen molar-refractivity contribution >= 4 is 5.97 Å². The first-order valence-corrected chi connectivity index (χ1v) is 4.29.